The minimum atomic E-state index is -0.770. The molecule has 0 fully saturated rings. The molecule has 0 aromatic carbocycles. The zero-order valence-electron chi connectivity index (χ0n) is 17.8. The number of unbranched alkanes of at least 4 members (excludes halogenated alkanes) is 9. The van der Waals surface area contributed by atoms with Crippen LogP contribution in [0, 0.1) is 0 Å². The lowest BCUT2D eigenvalue weighted by Gasteiger charge is -2.08. The summed E-state index contributed by atoms with van der Waals surface area (Å²) >= 11 is 0. The Morgan fingerprint density at radius 3 is 2.00 bits per heavy atom. The first kappa shape index (κ1) is 26.5. The topological polar surface area (TPSA) is 72.3 Å². The molecule has 0 aliphatic heterocycles. The number of hydrogen-bond acceptors (Lipinski definition) is 6. The lowest BCUT2D eigenvalue weighted by molar-refractivity contribution is -0.00727. The largest absolute Gasteiger partial charge is 0.378 e. The highest BCUT2D eigenvalue weighted by molar-refractivity contribution is 5.57. The maximum Gasteiger partial charge on any atom is 0.168 e. The molecule has 0 aliphatic carbocycles. The first-order valence-electron chi connectivity index (χ1n) is 10.9. The van der Waals surface area contributed by atoms with Gasteiger partial charge in [0.15, 0.2) is 6.23 Å². The van der Waals surface area contributed by atoms with Crippen molar-refractivity contribution >= 4 is 6.21 Å². The highest BCUT2D eigenvalue weighted by Crippen LogP contribution is 2.10. The normalized spacial score (nSPS) is 12.9. The van der Waals surface area contributed by atoms with Crippen LogP contribution < -0.4 is 5.32 Å². The van der Waals surface area contributed by atoms with Gasteiger partial charge in [-0.2, -0.15) is 0 Å². The van der Waals surface area contributed by atoms with E-state index in [0.717, 1.165) is 19.4 Å². The van der Waals surface area contributed by atoms with Crippen molar-refractivity contribution in [3.63, 3.8) is 0 Å². The van der Waals surface area contributed by atoms with E-state index in [1.165, 1.54) is 51.4 Å². The van der Waals surface area contributed by atoms with E-state index in [4.69, 9.17) is 14.2 Å². The van der Waals surface area contributed by atoms with Crippen LogP contribution in [-0.4, -0.2) is 70.8 Å². The molecule has 0 aliphatic rings. The van der Waals surface area contributed by atoms with Gasteiger partial charge in [0.2, 0.25) is 0 Å². The predicted octanol–water partition coefficient (Wildman–Crippen LogP) is 3.57. The van der Waals surface area contributed by atoms with Gasteiger partial charge in [-0.05, 0) is 19.9 Å². The highest BCUT2D eigenvalue weighted by Gasteiger charge is 1.99. The minimum Gasteiger partial charge on any atom is -0.378 e. The number of hydrogen-bond donors (Lipinski definition) is 2. The first-order valence-corrected chi connectivity index (χ1v) is 10.9. The zero-order chi connectivity index (χ0) is 19.8. The fourth-order valence-corrected chi connectivity index (χ4v) is 2.59. The number of nitrogens with zero attached hydrogens (tertiary/aromatic N) is 1. The predicted molar refractivity (Wildman–Crippen MR) is 113 cm³/mol. The van der Waals surface area contributed by atoms with Crippen LogP contribution in [0.2, 0.25) is 0 Å². The van der Waals surface area contributed by atoms with Crippen molar-refractivity contribution < 1.29 is 19.3 Å². The SMILES string of the molecule is CCCCCCCCCCCC=NC(O)COCCOCCOCCNC. The second-order valence-corrected chi connectivity index (χ2v) is 6.83. The molecule has 0 aromatic rings. The monoisotopic (exact) mass is 388 g/mol. The summed E-state index contributed by atoms with van der Waals surface area (Å²) in [6, 6.07) is 0. The molecule has 2 N–H and O–H groups in total. The van der Waals surface area contributed by atoms with Crippen molar-refractivity contribution in [3.8, 4) is 0 Å². The third-order valence-electron chi connectivity index (χ3n) is 4.22. The number of aliphatic imine (C=N–C) groups is 1. The lowest BCUT2D eigenvalue weighted by atomic mass is 10.1. The van der Waals surface area contributed by atoms with Crippen LogP contribution in [0.5, 0.6) is 0 Å². The van der Waals surface area contributed by atoms with Gasteiger partial charge in [0.25, 0.3) is 0 Å². The van der Waals surface area contributed by atoms with E-state index in [1.54, 1.807) is 0 Å². The molecule has 0 aromatic heterocycles. The molecular formula is C21H44N2O4. The van der Waals surface area contributed by atoms with E-state index >= 15 is 0 Å². The standard InChI is InChI=1S/C21H44N2O4/c1-3-4-5-6-7-8-9-10-11-12-13-23-21(24)20-27-19-18-26-17-16-25-15-14-22-2/h13,21-22,24H,3-12,14-20H2,1-2H3. The molecule has 0 saturated heterocycles. The summed E-state index contributed by atoms with van der Waals surface area (Å²) in [5, 5.41) is 12.7. The van der Waals surface area contributed by atoms with Crippen molar-refractivity contribution in [1.82, 2.24) is 5.32 Å². The number of aliphatic hydroxyl groups excluding tert-OH is 1. The summed E-state index contributed by atoms with van der Waals surface area (Å²) in [6.45, 7) is 6.13. The van der Waals surface area contributed by atoms with E-state index in [-0.39, 0.29) is 6.61 Å². The van der Waals surface area contributed by atoms with Crippen LogP contribution in [-0.2, 0) is 14.2 Å². The summed E-state index contributed by atoms with van der Waals surface area (Å²) in [6.07, 6.45) is 13.9. The second-order valence-electron chi connectivity index (χ2n) is 6.83. The van der Waals surface area contributed by atoms with Gasteiger partial charge in [-0.15, -0.1) is 0 Å². The Hall–Kier alpha value is -0.530. The van der Waals surface area contributed by atoms with E-state index in [9.17, 15) is 5.11 Å². The van der Waals surface area contributed by atoms with E-state index in [2.05, 4.69) is 17.2 Å². The van der Waals surface area contributed by atoms with Gasteiger partial charge < -0.3 is 24.6 Å². The zero-order valence-corrected chi connectivity index (χ0v) is 17.8. The van der Waals surface area contributed by atoms with Crippen LogP contribution in [0.15, 0.2) is 4.99 Å². The summed E-state index contributed by atoms with van der Waals surface area (Å²) < 4.78 is 16.1. The van der Waals surface area contributed by atoms with Gasteiger partial charge in [-0.1, -0.05) is 58.3 Å². The molecule has 0 spiro atoms. The Balaban J connectivity index is 3.22. The summed E-state index contributed by atoms with van der Waals surface area (Å²) in [5.74, 6) is 0. The Kier molecular flexibility index (Phi) is 23.0. The van der Waals surface area contributed by atoms with Crippen LogP contribution in [0.3, 0.4) is 0 Å². The smallest absolute Gasteiger partial charge is 0.168 e. The number of aliphatic hydroxyl groups is 1. The number of nitrogens with one attached hydrogen (secondary N) is 1. The minimum absolute atomic E-state index is 0.219. The fraction of sp³-hybridized carbons (Fsp3) is 0.952. The third kappa shape index (κ3) is 23.4. The molecule has 0 heterocycles. The van der Waals surface area contributed by atoms with Gasteiger partial charge in [-0.25, -0.2) is 0 Å². The van der Waals surface area contributed by atoms with Crippen molar-refractivity contribution in [3.05, 3.63) is 0 Å². The highest BCUT2D eigenvalue weighted by atomic mass is 16.5. The van der Waals surface area contributed by atoms with Gasteiger partial charge in [0.1, 0.15) is 0 Å². The lowest BCUT2D eigenvalue weighted by Crippen LogP contribution is -2.18. The Labute approximate surface area is 167 Å². The Morgan fingerprint density at radius 1 is 0.815 bits per heavy atom. The molecule has 1 unspecified atom stereocenters. The summed E-state index contributed by atoms with van der Waals surface area (Å²) in [7, 11) is 1.90. The Morgan fingerprint density at radius 2 is 1.37 bits per heavy atom. The number of likely N-dealkylation sites (N-methyl/N-ethyl adjacent to an activating group) is 1. The van der Waals surface area contributed by atoms with Crippen LogP contribution in [0.25, 0.3) is 0 Å². The maximum atomic E-state index is 9.73. The van der Waals surface area contributed by atoms with Gasteiger partial charge in [0, 0.05) is 12.8 Å². The van der Waals surface area contributed by atoms with Crippen LogP contribution >= 0.6 is 0 Å². The molecular weight excluding hydrogens is 344 g/mol. The van der Waals surface area contributed by atoms with Crippen molar-refractivity contribution in [2.24, 2.45) is 4.99 Å². The molecule has 6 nitrogen and oxygen atoms in total. The molecule has 162 valence electrons. The van der Waals surface area contributed by atoms with Gasteiger partial charge in [-0.3, -0.25) is 4.99 Å². The number of ether oxygens (including phenoxy) is 3. The van der Waals surface area contributed by atoms with Crippen molar-refractivity contribution in [1.29, 1.82) is 0 Å². The van der Waals surface area contributed by atoms with Crippen molar-refractivity contribution in [2.45, 2.75) is 77.4 Å². The molecule has 0 amide bonds. The molecule has 0 rings (SSSR count). The van der Waals surface area contributed by atoms with Gasteiger partial charge in [0.05, 0.1) is 39.6 Å². The van der Waals surface area contributed by atoms with E-state index in [1.807, 2.05) is 13.3 Å². The molecule has 6 heteroatoms. The average molecular weight is 389 g/mol. The van der Waals surface area contributed by atoms with E-state index < -0.39 is 6.23 Å². The average Bonchev–Trinajstić information content (AvgIpc) is 2.67. The van der Waals surface area contributed by atoms with Gasteiger partial charge >= 0.3 is 0 Å². The molecule has 0 bridgehead atoms. The first-order chi connectivity index (χ1) is 13.3. The fourth-order valence-electron chi connectivity index (χ4n) is 2.59. The summed E-state index contributed by atoms with van der Waals surface area (Å²) in [4.78, 5) is 4.11. The molecule has 0 saturated carbocycles. The van der Waals surface area contributed by atoms with Crippen LogP contribution in [0.1, 0.15) is 71.1 Å². The maximum absolute atomic E-state index is 9.73. The number of rotatable bonds is 22. The summed E-state index contributed by atoms with van der Waals surface area (Å²) in [5.41, 5.74) is 0. The second kappa shape index (κ2) is 23.5. The van der Waals surface area contributed by atoms with E-state index in [0.29, 0.717) is 33.0 Å². The third-order valence-corrected chi connectivity index (χ3v) is 4.22. The molecule has 1 atom stereocenters. The molecule has 0 radical (unpaired) electrons. The van der Waals surface area contributed by atoms with Crippen LogP contribution in [0.4, 0.5) is 0 Å². The molecule has 27 heavy (non-hydrogen) atoms. The van der Waals surface area contributed by atoms with Crippen molar-refractivity contribution in [2.75, 3.05) is 53.2 Å². The quantitative estimate of drug-likeness (QED) is 0.219. The Bertz CT molecular complexity index is 304.